The summed E-state index contributed by atoms with van der Waals surface area (Å²) in [5.74, 6) is -1.55. The van der Waals surface area contributed by atoms with Gasteiger partial charge < -0.3 is 10.1 Å². The van der Waals surface area contributed by atoms with Crippen LogP contribution in [-0.4, -0.2) is 39.7 Å². The van der Waals surface area contributed by atoms with E-state index in [1.54, 1.807) is 43.3 Å². The Hall–Kier alpha value is -3.69. The molecule has 3 aromatic rings. The largest absolute Gasteiger partial charge is 0.462 e. The Labute approximate surface area is 222 Å². The smallest absolute Gasteiger partial charge is 0.338 e. The van der Waals surface area contributed by atoms with Crippen LogP contribution in [0.2, 0.25) is 5.02 Å². The van der Waals surface area contributed by atoms with Crippen molar-refractivity contribution in [1.29, 1.82) is 0 Å². The fraction of sp³-hybridized carbons (Fsp3) is 0.185. The summed E-state index contributed by atoms with van der Waals surface area (Å²) in [6, 6.07) is 19.0. The van der Waals surface area contributed by atoms with Gasteiger partial charge in [-0.05, 0) is 67.1 Å². The maximum Gasteiger partial charge on any atom is 0.338 e. The molecule has 0 radical (unpaired) electrons. The Bertz CT molecular complexity index is 1330. The molecule has 1 atom stereocenters. The van der Waals surface area contributed by atoms with E-state index in [1.165, 1.54) is 29.2 Å². The number of aliphatic imine (C=N–C) groups is 1. The van der Waals surface area contributed by atoms with Crippen LogP contribution in [0.1, 0.15) is 29.3 Å². The van der Waals surface area contributed by atoms with Gasteiger partial charge in [-0.25, -0.2) is 14.2 Å². The second kappa shape index (κ2) is 12.0. The third-order valence-corrected chi connectivity index (χ3v) is 6.99. The lowest BCUT2D eigenvalue weighted by Crippen LogP contribution is -2.44. The van der Waals surface area contributed by atoms with Gasteiger partial charge in [0.25, 0.3) is 0 Å². The molecule has 0 spiro atoms. The van der Waals surface area contributed by atoms with Gasteiger partial charge >= 0.3 is 5.97 Å². The van der Waals surface area contributed by atoms with E-state index >= 15 is 0 Å². The summed E-state index contributed by atoms with van der Waals surface area (Å²) in [6.45, 7) is 2.17. The molecule has 1 heterocycles. The van der Waals surface area contributed by atoms with E-state index in [1.807, 2.05) is 12.1 Å². The highest BCUT2D eigenvalue weighted by Crippen LogP contribution is 2.32. The van der Waals surface area contributed by atoms with Crippen LogP contribution in [0.5, 0.6) is 0 Å². The molecule has 2 amide bonds. The maximum atomic E-state index is 13.2. The SMILES string of the molecule is CCOC(=O)c1ccc(N=C2SC(C(=O)Nc3ccc(F)cc3)CC(=O)N2Cc2ccccc2Cl)cc1. The summed E-state index contributed by atoms with van der Waals surface area (Å²) in [4.78, 5) is 44.3. The van der Waals surface area contributed by atoms with Crippen LogP contribution in [0, 0.1) is 5.82 Å². The maximum absolute atomic E-state index is 13.2. The van der Waals surface area contributed by atoms with Crippen molar-refractivity contribution < 1.29 is 23.5 Å². The number of nitrogens with zero attached hydrogens (tertiary/aromatic N) is 2. The number of hydrogen-bond acceptors (Lipinski definition) is 6. The highest BCUT2D eigenvalue weighted by Gasteiger charge is 2.36. The number of amidine groups is 1. The number of anilines is 1. The average Bonchev–Trinajstić information content (AvgIpc) is 2.89. The van der Waals surface area contributed by atoms with E-state index < -0.39 is 22.9 Å². The van der Waals surface area contributed by atoms with Crippen LogP contribution in [0.15, 0.2) is 77.8 Å². The van der Waals surface area contributed by atoms with E-state index in [2.05, 4.69) is 10.3 Å². The van der Waals surface area contributed by atoms with Crippen molar-refractivity contribution in [3.05, 3.63) is 94.8 Å². The first-order valence-electron chi connectivity index (χ1n) is 11.5. The molecule has 10 heteroatoms. The third kappa shape index (κ3) is 6.75. The van der Waals surface area contributed by atoms with E-state index in [4.69, 9.17) is 16.3 Å². The Balaban J connectivity index is 1.61. The molecule has 1 saturated heterocycles. The van der Waals surface area contributed by atoms with Crippen molar-refractivity contribution in [3.8, 4) is 0 Å². The standard InChI is InChI=1S/C27H23ClFN3O4S/c1-2-36-26(35)17-7-11-21(12-8-17)31-27-32(16-18-5-3-4-6-22(18)28)24(33)15-23(37-27)25(34)30-20-13-9-19(29)10-14-20/h3-14,23H,2,15-16H2,1H3,(H,30,34). The molecule has 37 heavy (non-hydrogen) atoms. The Kier molecular flexibility index (Phi) is 8.58. The minimum atomic E-state index is -0.752. The van der Waals surface area contributed by atoms with Gasteiger partial charge in [0.1, 0.15) is 11.1 Å². The second-order valence-electron chi connectivity index (χ2n) is 8.04. The van der Waals surface area contributed by atoms with Crippen molar-refractivity contribution in [2.45, 2.75) is 25.1 Å². The number of amides is 2. The predicted octanol–water partition coefficient (Wildman–Crippen LogP) is 5.82. The number of hydrogen-bond donors (Lipinski definition) is 1. The zero-order valence-electron chi connectivity index (χ0n) is 19.8. The van der Waals surface area contributed by atoms with Crippen molar-refractivity contribution >= 4 is 57.7 Å². The fourth-order valence-electron chi connectivity index (χ4n) is 3.55. The molecule has 0 aromatic heterocycles. The van der Waals surface area contributed by atoms with Gasteiger partial charge in [0.05, 0.1) is 24.4 Å². The number of benzene rings is 3. The Morgan fingerprint density at radius 2 is 1.81 bits per heavy atom. The van der Waals surface area contributed by atoms with Crippen LogP contribution < -0.4 is 5.32 Å². The summed E-state index contributed by atoms with van der Waals surface area (Å²) >= 11 is 7.48. The number of rotatable bonds is 7. The number of thioether (sulfide) groups is 1. The minimum absolute atomic E-state index is 0.0526. The first kappa shape index (κ1) is 26.4. The number of esters is 1. The molecule has 1 unspecified atom stereocenters. The molecule has 1 aliphatic heterocycles. The molecule has 0 saturated carbocycles. The molecule has 1 aliphatic rings. The monoisotopic (exact) mass is 539 g/mol. The molecular formula is C27H23ClFN3O4S. The number of ether oxygens (including phenoxy) is 1. The summed E-state index contributed by atoms with van der Waals surface area (Å²) in [7, 11) is 0. The highest BCUT2D eigenvalue weighted by atomic mass is 35.5. The number of halogens is 2. The van der Waals surface area contributed by atoms with Crippen LogP contribution in [0.3, 0.4) is 0 Å². The Morgan fingerprint density at radius 1 is 1.11 bits per heavy atom. The van der Waals surface area contributed by atoms with Crippen LogP contribution in [0.25, 0.3) is 0 Å². The fourth-order valence-corrected chi connectivity index (χ4v) is 4.84. The highest BCUT2D eigenvalue weighted by molar-refractivity contribution is 8.15. The summed E-state index contributed by atoms with van der Waals surface area (Å²) in [5, 5.41) is 2.80. The zero-order valence-corrected chi connectivity index (χ0v) is 21.4. The zero-order chi connectivity index (χ0) is 26.4. The van der Waals surface area contributed by atoms with E-state index in [0.29, 0.717) is 27.1 Å². The number of carbonyl (C=O) groups excluding carboxylic acids is 3. The second-order valence-corrected chi connectivity index (χ2v) is 9.62. The molecule has 0 aliphatic carbocycles. The first-order valence-corrected chi connectivity index (χ1v) is 12.7. The molecular weight excluding hydrogens is 517 g/mol. The van der Waals surface area contributed by atoms with Crippen LogP contribution in [0.4, 0.5) is 15.8 Å². The number of carbonyl (C=O) groups is 3. The van der Waals surface area contributed by atoms with Gasteiger partial charge in [-0.15, -0.1) is 0 Å². The van der Waals surface area contributed by atoms with E-state index in [9.17, 15) is 18.8 Å². The minimum Gasteiger partial charge on any atom is -0.462 e. The lowest BCUT2D eigenvalue weighted by Gasteiger charge is -2.32. The van der Waals surface area contributed by atoms with Crippen molar-refractivity contribution in [3.63, 3.8) is 0 Å². The predicted molar refractivity (Wildman–Crippen MR) is 143 cm³/mol. The molecule has 0 bridgehead atoms. The molecule has 3 aromatic carbocycles. The van der Waals surface area contributed by atoms with E-state index in [-0.39, 0.29) is 25.5 Å². The number of nitrogens with one attached hydrogen (secondary N) is 1. The van der Waals surface area contributed by atoms with Crippen molar-refractivity contribution in [2.24, 2.45) is 4.99 Å². The summed E-state index contributed by atoms with van der Waals surface area (Å²) < 4.78 is 18.2. The van der Waals surface area contributed by atoms with E-state index in [0.717, 1.165) is 17.3 Å². The first-order chi connectivity index (χ1) is 17.8. The quantitative estimate of drug-likeness (QED) is 0.382. The van der Waals surface area contributed by atoms with Crippen molar-refractivity contribution in [2.75, 3.05) is 11.9 Å². The van der Waals surface area contributed by atoms with Gasteiger partial charge in [0, 0.05) is 17.1 Å². The molecule has 1 N–H and O–H groups in total. The van der Waals surface area contributed by atoms with Gasteiger partial charge in [0.15, 0.2) is 5.17 Å². The molecule has 190 valence electrons. The van der Waals surface area contributed by atoms with Gasteiger partial charge in [0.2, 0.25) is 11.8 Å². The van der Waals surface area contributed by atoms with Gasteiger partial charge in [-0.3, -0.25) is 14.5 Å². The normalized spacial score (nSPS) is 16.5. The molecule has 4 rings (SSSR count). The molecule has 1 fully saturated rings. The third-order valence-electron chi connectivity index (χ3n) is 5.43. The average molecular weight is 540 g/mol. The van der Waals surface area contributed by atoms with Crippen molar-refractivity contribution in [1.82, 2.24) is 4.90 Å². The summed E-state index contributed by atoms with van der Waals surface area (Å²) in [6.07, 6.45) is -0.0526. The molecule has 7 nitrogen and oxygen atoms in total. The lowest BCUT2D eigenvalue weighted by molar-refractivity contribution is -0.129. The van der Waals surface area contributed by atoms with Gasteiger partial charge in [-0.2, -0.15) is 0 Å². The van der Waals surface area contributed by atoms with Crippen LogP contribution in [-0.2, 0) is 20.9 Å². The van der Waals surface area contributed by atoms with Gasteiger partial charge in [-0.1, -0.05) is 41.6 Å². The topological polar surface area (TPSA) is 88.1 Å². The Morgan fingerprint density at radius 3 is 2.49 bits per heavy atom. The summed E-state index contributed by atoms with van der Waals surface area (Å²) in [5.41, 5.74) is 2.03. The lowest BCUT2D eigenvalue weighted by atomic mass is 10.2. The van der Waals surface area contributed by atoms with Crippen LogP contribution >= 0.6 is 23.4 Å².